The van der Waals surface area contributed by atoms with Gasteiger partial charge in [0.15, 0.2) is 0 Å². The first-order chi connectivity index (χ1) is 10.1. The maximum atomic E-state index is 9.04. The highest BCUT2D eigenvalue weighted by Gasteiger charge is 2.17. The van der Waals surface area contributed by atoms with E-state index < -0.39 is 0 Å². The molecular formula is C17H16Cl2N2. The Morgan fingerprint density at radius 1 is 1.14 bits per heavy atom. The van der Waals surface area contributed by atoms with Gasteiger partial charge in [-0.1, -0.05) is 59.6 Å². The zero-order valence-corrected chi connectivity index (χ0v) is 13.2. The second kappa shape index (κ2) is 7.47. The predicted octanol–water partition coefficient (Wildman–Crippen LogP) is 5.30. The van der Waals surface area contributed by atoms with Crippen LogP contribution in [0.2, 0.25) is 10.0 Å². The second-order valence-corrected chi connectivity index (χ2v) is 5.72. The average Bonchev–Trinajstić information content (AvgIpc) is 2.47. The summed E-state index contributed by atoms with van der Waals surface area (Å²) in [6.45, 7) is 2.03. The molecule has 0 bridgehead atoms. The minimum absolute atomic E-state index is 0.0216. The monoisotopic (exact) mass is 318 g/mol. The Bertz CT molecular complexity index is 635. The summed E-state index contributed by atoms with van der Waals surface area (Å²) in [6.07, 6.45) is 0.402. The van der Waals surface area contributed by atoms with Gasteiger partial charge in [-0.15, -0.1) is 0 Å². The molecule has 1 N–H and O–H groups in total. The summed E-state index contributed by atoms with van der Waals surface area (Å²) in [6, 6.07) is 17.6. The summed E-state index contributed by atoms with van der Waals surface area (Å²) in [5.41, 5.74) is 2.07. The van der Waals surface area contributed by atoms with Gasteiger partial charge in [-0.3, -0.25) is 0 Å². The summed E-state index contributed by atoms with van der Waals surface area (Å²) in [7, 11) is 0. The molecule has 2 aromatic rings. The number of rotatable bonds is 5. The zero-order chi connectivity index (χ0) is 15.2. The Hall–Kier alpha value is -1.53. The fourth-order valence-corrected chi connectivity index (χ4v) is 2.87. The first kappa shape index (κ1) is 15.9. The van der Waals surface area contributed by atoms with Crippen LogP contribution in [0.1, 0.15) is 36.6 Å². The molecule has 2 rings (SSSR count). The van der Waals surface area contributed by atoms with Crippen molar-refractivity contribution in [2.45, 2.75) is 25.4 Å². The fourth-order valence-electron chi connectivity index (χ4n) is 2.29. The van der Waals surface area contributed by atoms with E-state index in [9.17, 15) is 0 Å². The molecule has 0 aliphatic rings. The molecule has 0 saturated carbocycles. The van der Waals surface area contributed by atoms with Gasteiger partial charge in [-0.05, 0) is 30.2 Å². The van der Waals surface area contributed by atoms with Gasteiger partial charge in [0, 0.05) is 22.1 Å². The molecule has 0 amide bonds. The van der Waals surface area contributed by atoms with E-state index in [0.29, 0.717) is 16.5 Å². The average molecular weight is 319 g/mol. The van der Waals surface area contributed by atoms with Crippen molar-refractivity contribution in [2.75, 3.05) is 0 Å². The Kier molecular flexibility index (Phi) is 5.64. The van der Waals surface area contributed by atoms with E-state index in [1.54, 1.807) is 6.07 Å². The van der Waals surface area contributed by atoms with Crippen LogP contribution >= 0.6 is 23.2 Å². The van der Waals surface area contributed by atoms with Gasteiger partial charge in [-0.2, -0.15) is 5.26 Å². The smallest absolute Gasteiger partial charge is 0.0641 e. The molecule has 0 heterocycles. The lowest BCUT2D eigenvalue weighted by molar-refractivity contribution is 0.473. The normalized spacial score (nSPS) is 13.4. The molecule has 2 nitrogen and oxygen atoms in total. The largest absolute Gasteiger partial charge is 0.302 e. The zero-order valence-electron chi connectivity index (χ0n) is 11.7. The molecular weight excluding hydrogens is 303 g/mol. The number of nitriles is 1. The quantitative estimate of drug-likeness (QED) is 0.812. The Morgan fingerprint density at radius 3 is 2.48 bits per heavy atom. The van der Waals surface area contributed by atoms with Gasteiger partial charge in [0.2, 0.25) is 0 Å². The Labute approximate surface area is 135 Å². The number of halogens is 2. The van der Waals surface area contributed by atoms with Crippen LogP contribution in [-0.2, 0) is 0 Å². The van der Waals surface area contributed by atoms with E-state index in [4.69, 9.17) is 28.5 Å². The first-order valence-electron chi connectivity index (χ1n) is 6.74. The minimum atomic E-state index is -0.0297. The van der Waals surface area contributed by atoms with Crippen molar-refractivity contribution in [1.82, 2.24) is 5.32 Å². The second-order valence-electron chi connectivity index (χ2n) is 4.88. The molecule has 0 fully saturated rings. The maximum absolute atomic E-state index is 9.04. The molecule has 0 aromatic heterocycles. The van der Waals surface area contributed by atoms with Crippen LogP contribution in [0.25, 0.3) is 0 Å². The molecule has 2 unspecified atom stereocenters. The highest BCUT2D eigenvalue weighted by atomic mass is 35.5. The highest BCUT2D eigenvalue weighted by molar-refractivity contribution is 6.35. The summed E-state index contributed by atoms with van der Waals surface area (Å²) in [5, 5.41) is 13.7. The first-order valence-corrected chi connectivity index (χ1v) is 7.50. The van der Waals surface area contributed by atoms with Crippen LogP contribution in [-0.4, -0.2) is 0 Å². The number of nitrogens with one attached hydrogen (secondary N) is 1. The summed E-state index contributed by atoms with van der Waals surface area (Å²) in [5.74, 6) is 0. The van der Waals surface area contributed by atoms with Crippen molar-refractivity contribution in [1.29, 1.82) is 5.26 Å². The molecule has 2 atom stereocenters. The molecule has 2 aromatic carbocycles. The third kappa shape index (κ3) is 4.22. The van der Waals surface area contributed by atoms with Gasteiger partial charge >= 0.3 is 0 Å². The van der Waals surface area contributed by atoms with Gasteiger partial charge < -0.3 is 5.32 Å². The number of hydrogen-bond donors (Lipinski definition) is 1. The number of benzene rings is 2. The maximum Gasteiger partial charge on any atom is 0.0641 e. The number of nitrogens with zero attached hydrogens (tertiary/aromatic N) is 1. The lowest BCUT2D eigenvalue weighted by Gasteiger charge is -2.23. The van der Waals surface area contributed by atoms with Gasteiger partial charge in [-0.25, -0.2) is 0 Å². The predicted molar refractivity (Wildman–Crippen MR) is 87.4 cm³/mol. The number of hydrogen-bond acceptors (Lipinski definition) is 2. The van der Waals surface area contributed by atoms with E-state index in [2.05, 4.69) is 11.4 Å². The van der Waals surface area contributed by atoms with E-state index >= 15 is 0 Å². The molecule has 4 heteroatoms. The van der Waals surface area contributed by atoms with Crippen molar-refractivity contribution in [2.24, 2.45) is 0 Å². The Balaban J connectivity index is 2.19. The van der Waals surface area contributed by atoms with Crippen LogP contribution < -0.4 is 5.32 Å². The standard InChI is InChI=1S/C17H16Cl2N2/c1-12(15-8-7-14(18)11-16(15)19)21-17(9-10-20)13-5-3-2-4-6-13/h2-8,11-12,17,21H,9H2,1H3. The molecule has 108 valence electrons. The Morgan fingerprint density at radius 2 is 1.86 bits per heavy atom. The van der Waals surface area contributed by atoms with Gasteiger partial charge in [0.1, 0.15) is 0 Å². The van der Waals surface area contributed by atoms with Crippen LogP contribution in [0.15, 0.2) is 48.5 Å². The van der Waals surface area contributed by atoms with Crippen molar-refractivity contribution in [3.8, 4) is 6.07 Å². The summed E-state index contributed by atoms with van der Waals surface area (Å²) >= 11 is 12.2. The molecule has 0 spiro atoms. The molecule has 21 heavy (non-hydrogen) atoms. The molecule has 0 radical (unpaired) electrons. The highest BCUT2D eigenvalue weighted by Crippen LogP contribution is 2.28. The van der Waals surface area contributed by atoms with Crippen molar-refractivity contribution >= 4 is 23.2 Å². The van der Waals surface area contributed by atoms with Crippen LogP contribution in [0.5, 0.6) is 0 Å². The summed E-state index contributed by atoms with van der Waals surface area (Å²) in [4.78, 5) is 0. The van der Waals surface area contributed by atoms with E-state index in [0.717, 1.165) is 11.1 Å². The van der Waals surface area contributed by atoms with Crippen LogP contribution in [0, 0.1) is 11.3 Å². The SMILES string of the molecule is CC(NC(CC#N)c1ccccc1)c1ccc(Cl)cc1Cl. The van der Waals surface area contributed by atoms with Crippen molar-refractivity contribution in [3.05, 3.63) is 69.7 Å². The van der Waals surface area contributed by atoms with Gasteiger partial charge in [0.25, 0.3) is 0 Å². The molecule has 0 aliphatic heterocycles. The minimum Gasteiger partial charge on any atom is -0.302 e. The van der Waals surface area contributed by atoms with E-state index in [1.807, 2.05) is 49.4 Å². The molecule has 0 aliphatic carbocycles. The van der Waals surface area contributed by atoms with Gasteiger partial charge in [0.05, 0.1) is 12.5 Å². The van der Waals surface area contributed by atoms with E-state index in [1.165, 1.54) is 0 Å². The summed E-state index contributed by atoms with van der Waals surface area (Å²) < 4.78 is 0. The fraction of sp³-hybridized carbons (Fsp3) is 0.235. The molecule has 0 saturated heterocycles. The third-order valence-electron chi connectivity index (χ3n) is 3.38. The van der Waals surface area contributed by atoms with Crippen molar-refractivity contribution < 1.29 is 0 Å². The lowest BCUT2D eigenvalue weighted by atomic mass is 10.0. The van der Waals surface area contributed by atoms with E-state index in [-0.39, 0.29) is 12.1 Å². The topological polar surface area (TPSA) is 35.8 Å². The lowest BCUT2D eigenvalue weighted by Crippen LogP contribution is -2.24. The van der Waals surface area contributed by atoms with Crippen LogP contribution in [0.3, 0.4) is 0 Å². The van der Waals surface area contributed by atoms with Crippen molar-refractivity contribution in [3.63, 3.8) is 0 Å². The van der Waals surface area contributed by atoms with Crippen LogP contribution in [0.4, 0.5) is 0 Å². The third-order valence-corrected chi connectivity index (χ3v) is 3.94.